The molecule has 0 spiro atoms. The highest BCUT2D eigenvalue weighted by molar-refractivity contribution is 5.76. The highest BCUT2D eigenvalue weighted by atomic mass is 16.5. The number of hydrogen-bond acceptors (Lipinski definition) is 3. The van der Waals surface area contributed by atoms with Crippen molar-refractivity contribution in [3.05, 3.63) is 0 Å². The molecule has 122 valence electrons. The Kier molecular flexibility index (Phi) is 6.97. The third-order valence-corrected chi connectivity index (χ3v) is 4.92. The third kappa shape index (κ3) is 5.26. The monoisotopic (exact) mass is 296 g/mol. The quantitative estimate of drug-likeness (QED) is 0.820. The number of ether oxygens (including phenoxy) is 1. The van der Waals surface area contributed by atoms with E-state index in [9.17, 15) is 4.79 Å². The average Bonchev–Trinajstić information content (AvgIpc) is 2.52. The van der Waals surface area contributed by atoms with E-state index >= 15 is 0 Å². The fourth-order valence-electron chi connectivity index (χ4n) is 3.63. The van der Waals surface area contributed by atoms with Gasteiger partial charge in [0.05, 0.1) is 6.10 Å². The normalized spacial score (nSPS) is 30.1. The molecule has 1 amide bonds. The molecule has 0 aromatic carbocycles. The SMILES string of the molecule is CCCN(C(=O)CCC1CCCCO1)C1CCC(N)CC1. The summed E-state index contributed by atoms with van der Waals surface area (Å²) in [5.74, 6) is 0.325. The van der Waals surface area contributed by atoms with Gasteiger partial charge in [-0.3, -0.25) is 4.79 Å². The lowest BCUT2D eigenvalue weighted by atomic mass is 9.90. The molecule has 1 saturated carbocycles. The van der Waals surface area contributed by atoms with E-state index in [4.69, 9.17) is 10.5 Å². The van der Waals surface area contributed by atoms with Crippen molar-refractivity contribution in [2.75, 3.05) is 13.2 Å². The molecule has 1 saturated heterocycles. The summed E-state index contributed by atoms with van der Waals surface area (Å²) in [4.78, 5) is 14.7. The standard InChI is InChI=1S/C17H32N2O2/c1-2-12-19(15-8-6-14(18)7-9-15)17(20)11-10-16-5-3-4-13-21-16/h14-16H,2-13,18H2,1H3. The van der Waals surface area contributed by atoms with Gasteiger partial charge in [-0.05, 0) is 57.8 Å². The molecule has 2 N–H and O–H groups in total. The predicted octanol–water partition coefficient (Wildman–Crippen LogP) is 2.84. The van der Waals surface area contributed by atoms with Crippen LogP contribution in [0.5, 0.6) is 0 Å². The molecular formula is C17H32N2O2. The van der Waals surface area contributed by atoms with Gasteiger partial charge >= 0.3 is 0 Å². The van der Waals surface area contributed by atoms with E-state index < -0.39 is 0 Å². The Labute approximate surface area is 129 Å². The largest absolute Gasteiger partial charge is 0.378 e. The highest BCUT2D eigenvalue weighted by Crippen LogP contribution is 2.24. The first kappa shape index (κ1) is 16.8. The van der Waals surface area contributed by atoms with Crippen LogP contribution in [0.4, 0.5) is 0 Å². The molecule has 4 heteroatoms. The van der Waals surface area contributed by atoms with Crippen molar-refractivity contribution in [1.29, 1.82) is 0 Å². The van der Waals surface area contributed by atoms with E-state index in [0.29, 0.717) is 30.5 Å². The van der Waals surface area contributed by atoms with Crippen molar-refractivity contribution in [2.45, 2.75) is 89.3 Å². The van der Waals surface area contributed by atoms with E-state index in [1.807, 2.05) is 0 Å². The van der Waals surface area contributed by atoms with Gasteiger partial charge in [0, 0.05) is 31.7 Å². The van der Waals surface area contributed by atoms with Crippen molar-refractivity contribution >= 4 is 5.91 Å². The van der Waals surface area contributed by atoms with Gasteiger partial charge in [0.1, 0.15) is 0 Å². The zero-order valence-corrected chi connectivity index (χ0v) is 13.6. The van der Waals surface area contributed by atoms with E-state index in [1.165, 1.54) is 12.8 Å². The van der Waals surface area contributed by atoms with Gasteiger partial charge in [-0.25, -0.2) is 0 Å². The summed E-state index contributed by atoms with van der Waals surface area (Å²) in [5.41, 5.74) is 5.98. The van der Waals surface area contributed by atoms with Gasteiger partial charge in [0.2, 0.25) is 5.91 Å². The zero-order chi connectivity index (χ0) is 15.1. The maximum Gasteiger partial charge on any atom is 0.222 e. The second kappa shape index (κ2) is 8.74. The van der Waals surface area contributed by atoms with Crippen LogP contribution < -0.4 is 5.73 Å². The number of nitrogens with zero attached hydrogens (tertiary/aromatic N) is 1. The average molecular weight is 296 g/mol. The van der Waals surface area contributed by atoms with E-state index in [2.05, 4.69) is 11.8 Å². The zero-order valence-electron chi connectivity index (χ0n) is 13.6. The second-order valence-corrected chi connectivity index (χ2v) is 6.68. The van der Waals surface area contributed by atoms with Gasteiger partial charge in [0.15, 0.2) is 0 Å². The van der Waals surface area contributed by atoms with Crippen LogP contribution in [-0.2, 0) is 9.53 Å². The van der Waals surface area contributed by atoms with E-state index in [-0.39, 0.29) is 0 Å². The lowest BCUT2D eigenvalue weighted by Gasteiger charge is -2.36. The number of nitrogens with two attached hydrogens (primary N) is 1. The van der Waals surface area contributed by atoms with E-state index in [1.54, 1.807) is 0 Å². The molecule has 2 rings (SSSR count). The van der Waals surface area contributed by atoms with Crippen molar-refractivity contribution in [3.63, 3.8) is 0 Å². The van der Waals surface area contributed by atoms with Gasteiger partial charge < -0.3 is 15.4 Å². The number of amides is 1. The van der Waals surface area contributed by atoms with Crippen molar-refractivity contribution in [1.82, 2.24) is 4.90 Å². The second-order valence-electron chi connectivity index (χ2n) is 6.68. The minimum absolute atomic E-state index is 0.311. The summed E-state index contributed by atoms with van der Waals surface area (Å²) in [6, 6.07) is 0.764. The summed E-state index contributed by atoms with van der Waals surface area (Å²) < 4.78 is 5.74. The minimum atomic E-state index is 0.311. The Morgan fingerprint density at radius 3 is 2.57 bits per heavy atom. The van der Waals surface area contributed by atoms with Crippen LogP contribution in [0.3, 0.4) is 0 Å². The highest BCUT2D eigenvalue weighted by Gasteiger charge is 2.27. The Bertz CT molecular complexity index is 308. The maximum absolute atomic E-state index is 12.6. The molecule has 1 atom stereocenters. The Morgan fingerprint density at radius 1 is 1.19 bits per heavy atom. The summed E-state index contributed by atoms with van der Waals surface area (Å²) >= 11 is 0. The Balaban J connectivity index is 1.80. The van der Waals surface area contributed by atoms with Gasteiger partial charge in [-0.1, -0.05) is 6.92 Å². The summed E-state index contributed by atoms with van der Waals surface area (Å²) in [6.45, 7) is 3.92. The summed E-state index contributed by atoms with van der Waals surface area (Å²) in [5, 5.41) is 0. The molecule has 2 aliphatic rings. The number of hydrogen-bond donors (Lipinski definition) is 1. The molecule has 0 bridgehead atoms. The Morgan fingerprint density at radius 2 is 1.95 bits per heavy atom. The molecule has 0 radical (unpaired) electrons. The van der Waals surface area contributed by atoms with Gasteiger partial charge in [-0.2, -0.15) is 0 Å². The third-order valence-electron chi connectivity index (χ3n) is 4.92. The smallest absolute Gasteiger partial charge is 0.222 e. The van der Waals surface area contributed by atoms with Crippen LogP contribution in [0.15, 0.2) is 0 Å². The predicted molar refractivity (Wildman–Crippen MR) is 85.1 cm³/mol. The van der Waals surface area contributed by atoms with Crippen LogP contribution in [0.25, 0.3) is 0 Å². The van der Waals surface area contributed by atoms with Crippen molar-refractivity contribution in [3.8, 4) is 0 Å². The van der Waals surface area contributed by atoms with Crippen LogP contribution in [-0.4, -0.2) is 42.1 Å². The molecule has 1 aliphatic heterocycles. The van der Waals surface area contributed by atoms with Crippen LogP contribution in [0.1, 0.15) is 71.1 Å². The minimum Gasteiger partial charge on any atom is -0.378 e. The van der Waals surface area contributed by atoms with Crippen molar-refractivity contribution in [2.24, 2.45) is 5.73 Å². The molecular weight excluding hydrogens is 264 g/mol. The number of carbonyl (C=O) groups is 1. The molecule has 2 fully saturated rings. The first-order valence-corrected chi connectivity index (χ1v) is 8.87. The first-order chi connectivity index (χ1) is 10.2. The number of rotatable bonds is 6. The van der Waals surface area contributed by atoms with Crippen LogP contribution in [0.2, 0.25) is 0 Å². The fraction of sp³-hybridized carbons (Fsp3) is 0.941. The molecule has 0 aromatic rings. The summed E-state index contributed by atoms with van der Waals surface area (Å²) in [6.07, 6.45) is 10.7. The van der Waals surface area contributed by atoms with Crippen molar-refractivity contribution < 1.29 is 9.53 Å². The van der Waals surface area contributed by atoms with Gasteiger partial charge in [-0.15, -0.1) is 0 Å². The lowest BCUT2D eigenvalue weighted by molar-refractivity contribution is -0.135. The molecule has 1 unspecified atom stereocenters. The van der Waals surface area contributed by atoms with Crippen LogP contribution >= 0.6 is 0 Å². The molecule has 1 aliphatic carbocycles. The van der Waals surface area contributed by atoms with Crippen LogP contribution in [0, 0.1) is 0 Å². The molecule has 1 heterocycles. The van der Waals surface area contributed by atoms with Gasteiger partial charge in [0.25, 0.3) is 0 Å². The topological polar surface area (TPSA) is 55.6 Å². The number of carbonyl (C=O) groups excluding carboxylic acids is 1. The van der Waals surface area contributed by atoms with E-state index in [0.717, 1.165) is 58.1 Å². The lowest BCUT2D eigenvalue weighted by Crippen LogP contribution is -2.44. The maximum atomic E-state index is 12.6. The fourth-order valence-corrected chi connectivity index (χ4v) is 3.63. The molecule has 0 aromatic heterocycles. The summed E-state index contributed by atoms with van der Waals surface area (Å²) in [7, 11) is 0. The Hall–Kier alpha value is -0.610. The molecule has 21 heavy (non-hydrogen) atoms. The molecule has 4 nitrogen and oxygen atoms in total. The first-order valence-electron chi connectivity index (χ1n) is 8.87.